The van der Waals surface area contributed by atoms with Gasteiger partial charge in [-0.2, -0.15) is 11.8 Å². The Morgan fingerprint density at radius 3 is 2.75 bits per heavy atom. The van der Waals surface area contributed by atoms with Gasteiger partial charge in [0.1, 0.15) is 0 Å². The molecule has 2 rings (SSSR count). The highest BCUT2D eigenvalue weighted by Crippen LogP contribution is 2.29. The maximum Gasteiger partial charge on any atom is 0.208 e. The van der Waals surface area contributed by atoms with Gasteiger partial charge in [-0.05, 0) is 17.7 Å². The van der Waals surface area contributed by atoms with Crippen molar-refractivity contribution in [2.45, 2.75) is 6.04 Å². The number of rotatable bonds is 5. The molecule has 1 heterocycles. The molecule has 20 heavy (non-hydrogen) atoms. The molecular formula is C13H19ClN2O2S2. The third-order valence-corrected chi connectivity index (χ3v) is 5.26. The smallest absolute Gasteiger partial charge is 0.208 e. The van der Waals surface area contributed by atoms with Crippen LogP contribution in [0.4, 0.5) is 0 Å². The fourth-order valence-electron chi connectivity index (χ4n) is 2.27. The van der Waals surface area contributed by atoms with E-state index in [1.165, 1.54) is 11.8 Å². The maximum absolute atomic E-state index is 11.1. The van der Waals surface area contributed by atoms with Crippen molar-refractivity contribution in [2.24, 2.45) is 0 Å². The molecule has 1 N–H and O–H groups in total. The zero-order valence-corrected chi connectivity index (χ0v) is 13.8. The molecule has 1 aliphatic rings. The number of benzene rings is 1. The van der Waals surface area contributed by atoms with Crippen LogP contribution < -0.4 is 4.72 Å². The molecule has 1 atom stereocenters. The highest BCUT2D eigenvalue weighted by molar-refractivity contribution is 7.99. The first-order valence-corrected chi connectivity index (χ1v) is 9.90. The van der Waals surface area contributed by atoms with Gasteiger partial charge >= 0.3 is 0 Å². The number of hydrogen-bond acceptors (Lipinski definition) is 4. The monoisotopic (exact) mass is 334 g/mol. The van der Waals surface area contributed by atoms with E-state index in [-0.39, 0.29) is 0 Å². The lowest BCUT2D eigenvalue weighted by Crippen LogP contribution is -2.41. The summed E-state index contributed by atoms with van der Waals surface area (Å²) in [6.45, 7) is 2.15. The molecule has 4 nitrogen and oxygen atoms in total. The number of thioether (sulfide) groups is 1. The van der Waals surface area contributed by atoms with Gasteiger partial charge in [-0.25, -0.2) is 13.1 Å². The largest absolute Gasteiger partial charge is 0.293 e. The lowest BCUT2D eigenvalue weighted by atomic mass is 10.1. The van der Waals surface area contributed by atoms with Gasteiger partial charge in [0.15, 0.2) is 0 Å². The number of hydrogen-bond donors (Lipinski definition) is 1. The van der Waals surface area contributed by atoms with E-state index in [1.54, 1.807) is 0 Å². The van der Waals surface area contributed by atoms with E-state index in [0.717, 1.165) is 29.6 Å². The summed E-state index contributed by atoms with van der Waals surface area (Å²) in [4.78, 5) is 2.33. The lowest BCUT2D eigenvalue weighted by molar-refractivity contribution is 0.225. The molecule has 0 amide bonds. The fraction of sp³-hybridized carbons (Fsp3) is 0.538. The first-order valence-electron chi connectivity index (χ1n) is 6.47. The molecule has 0 saturated carbocycles. The third kappa shape index (κ3) is 4.93. The van der Waals surface area contributed by atoms with Crippen LogP contribution in [0.3, 0.4) is 0 Å². The van der Waals surface area contributed by atoms with Crippen molar-refractivity contribution in [2.75, 3.05) is 37.4 Å². The highest BCUT2D eigenvalue weighted by Gasteiger charge is 2.24. The van der Waals surface area contributed by atoms with Gasteiger partial charge in [0.25, 0.3) is 0 Å². The lowest BCUT2D eigenvalue weighted by Gasteiger charge is -2.35. The minimum absolute atomic E-state index is 0.326. The quantitative estimate of drug-likeness (QED) is 0.894. The second kappa shape index (κ2) is 7.13. The molecule has 1 aliphatic heterocycles. The second-order valence-electron chi connectivity index (χ2n) is 4.84. The summed E-state index contributed by atoms with van der Waals surface area (Å²) in [7, 11) is -3.11. The Bertz CT molecular complexity index is 534. The molecule has 112 valence electrons. The Hall–Kier alpha value is -0.270. The minimum atomic E-state index is -3.11. The predicted octanol–water partition coefficient (Wildman–Crippen LogP) is 1.98. The Morgan fingerprint density at radius 2 is 2.10 bits per heavy atom. The summed E-state index contributed by atoms with van der Waals surface area (Å²) in [6, 6.07) is 8.24. The second-order valence-corrected chi connectivity index (χ2v) is 8.26. The first-order chi connectivity index (χ1) is 9.46. The predicted molar refractivity (Wildman–Crippen MR) is 85.9 cm³/mol. The van der Waals surface area contributed by atoms with Gasteiger partial charge in [0.2, 0.25) is 10.0 Å². The van der Waals surface area contributed by atoms with Crippen molar-refractivity contribution in [3.8, 4) is 0 Å². The van der Waals surface area contributed by atoms with Gasteiger partial charge < -0.3 is 0 Å². The summed E-state index contributed by atoms with van der Waals surface area (Å²) in [5.74, 6) is 2.11. The standard InChI is InChI=1S/C13H19ClN2O2S2/c1-20(17,18)15-6-7-16-8-9-19-10-13(16)11-2-4-12(14)5-3-11/h2-5,13,15H,6-10H2,1H3/t13-/m1/s1. The first kappa shape index (κ1) is 16.1. The van der Waals surface area contributed by atoms with Crippen LogP contribution in [0.2, 0.25) is 5.02 Å². The van der Waals surface area contributed by atoms with Crippen LogP contribution in [0.15, 0.2) is 24.3 Å². The molecule has 1 saturated heterocycles. The zero-order chi connectivity index (χ0) is 14.6. The summed E-state index contributed by atoms with van der Waals surface area (Å²) in [6.07, 6.45) is 1.19. The molecule has 7 heteroatoms. The van der Waals surface area contributed by atoms with E-state index in [9.17, 15) is 8.42 Å². The van der Waals surface area contributed by atoms with Crippen LogP contribution in [0.5, 0.6) is 0 Å². The van der Waals surface area contributed by atoms with Gasteiger partial charge in [0.05, 0.1) is 6.26 Å². The molecule has 0 bridgehead atoms. The van der Waals surface area contributed by atoms with E-state index in [2.05, 4.69) is 21.8 Å². The molecule has 0 aromatic heterocycles. The average molecular weight is 335 g/mol. The average Bonchev–Trinajstić information content (AvgIpc) is 2.39. The van der Waals surface area contributed by atoms with Crippen molar-refractivity contribution in [1.29, 1.82) is 0 Å². The number of halogens is 1. The van der Waals surface area contributed by atoms with E-state index in [0.29, 0.717) is 12.6 Å². The topological polar surface area (TPSA) is 49.4 Å². The molecule has 0 unspecified atom stereocenters. The zero-order valence-electron chi connectivity index (χ0n) is 11.4. The van der Waals surface area contributed by atoms with E-state index >= 15 is 0 Å². The highest BCUT2D eigenvalue weighted by atomic mass is 35.5. The van der Waals surface area contributed by atoms with E-state index < -0.39 is 10.0 Å². The molecule has 1 aromatic rings. The van der Waals surface area contributed by atoms with Crippen LogP contribution in [-0.2, 0) is 10.0 Å². The van der Waals surface area contributed by atoms with Gasteiger partial charge in [-0.1, -0.05) is 23.7 Å². The van der Waals surface area contributed by atoms with Gasteiger partial charge in [-0.15, -0.1) is 0 Å². The Morgan fingerprint density at radius 1 is 1.40 bits per heavy atom. The maximum atomic E-state index is 11.1. The van der Waals surface area contributed by atoms with Crippen LogP contribution in [-0.4, -0.2) is 50.7 Å². The number of nitrogens with zero attached hydrogens (tertiary/aromatic N) is 1. The molecular weight excluding hydrogens is 316 g/mol. The molecule has 1 aromatic carbocycles. The SMILES string of the molecule is CS(=O)(=O)NCCN1CCSC[C@@H]1c1ccc(Cl)cc1. The van der Waals surface area contributed by atoms with Gasteiger partial charge in [0, 0.05) is 42.2 Å². The van der Waals surface area contributed by atoms with Crippen molar-refractivity contribution in [1.82, 2.24) is 9.62 Å². The molecule has 1 fully saturated rings. The van der Waals surface area contributed by atoms with Crippen LogP contribution in [0, 0.1) is 0 Å². The summed E-state index contributed by atoms with van der Waals surface area (Å²) < 4.78 is 24.8. The summed E-state index contributed by atoms with van der Waals surface area (Å²) in [5.41, 5.74) is 1.24. The van der Waals surface area contributed by atoms with Crippen molar-refractivity contribution < 1.29 is 8.42 Å². The van der Waals surface area contributed by atoms with Crippen LogP contribution in [0.1, 0.15) is 11.6 Å². The van der Waals surface area contributed by atoms with E-state index in [4.69, 9.17) is 11.6 Å². The normalized spacial score (nSPS) is 21.0. The molecule has 0 spiro atoms. The molecule has 0 radical (unpaired) electrons. The van der Waals surface area contributed by atoms with Crippen molar-refractivity contribution in [3.63, 3.8) is 0 Å². The fourth-order valence-corrected chi connectivity index (χ4v) is 4.02. The Kier molecular flexibility index (Phi) is 5.74. The van der Waals surface area contributed by atoms with Crippen LogP contribution >= 0.6 is 23.4 Å². The van der Waals surface area contributed by atoms with Crippen LogP contribution in [0.25, 0.3) is 0 Å². The number of nitrogens with one attached hydrogen (secondary N) is 1. The minimum Gasteiger partial charge on any atom is -0.293 e. The Labute approximate surface area is 129 Å². The Balaban J connectivity index is 2.00. The third-order valence-electron chi connectivity index (χ3n) is 3.26. The van der Waals surface area contributed by atoms with Gasteiger partial charge in [-0.3, -0.25) is 4.90 Å². The van der Waals surface area contributed by atoms with Crippen molar-refractivity contribution >= 4 is 33.4 Å². The summed E-state index contributed by atoms with van der Waals surface area (Å²) in [5, 5.41) is 0.738. The number of sulfonamides is 1. The molecule has 0 aliphatic carbocycles. The van der Waals surface area contributed by atoms with Crippen molar-refractivity contribution in [3.05, 3.63) is 34.9 Å². The summed E-state index contributed by atoms with van der Waals surface area (Å²) >= 11 is 7.86. The van der Waals surface area contributed by atoms with E-state index in [1.807, 2.05) is 23.9 Å².